The second-order valence-corrected chi connectivity index (χ2v) is 4.63. The van der Waals surface area contributed by atoms with Crippen molar-refractivity contribution in [3.05, 3.63) is 51.7 Å². The van der Waals surface area contributed by atoms with E-state index in [2.05, 4.69) is 23.1 Å². The molecule has 0 aliphatic heterocycles. The van der Waals surface area contributed by atoms with E-state index in [0.717, 1.165) is 11.3 Å². The van der Waals surface area contributed by atoms with Crippen LogP contribution in [0.15, 0.2) is 35.0 Å². The third-order valence-electron chi connectivity index (χ3n) is 2.80. The van der Waals surface area contributed by atoms with E-state index >= 15 is 0 Å². The number of nitrogens with one attached hydrogen (secondary N) is 1. The van der Waals surface area contributed by atoms with Crippen LogP contribution in [0.3, 0.4) is 0 Å². The fraction of sp³-hybridized carbons (Fsp3) is 0.231. The van der Waals surface area contributed by atoms with Crippen LogP contribution < -0.4 is 16.0 Å². The van der Waals surface area contributed by atoms with Crippen LogP contribution in [-0.4, -0.2) is 7.11 Å². The molecule has 1 heterocycles. The molecule has 3 nitrogen and oxygen atoms in total. The second kappa shape index (κ2) is 5.31. The van der Waals surface area contributed by atoms with Crippen molar-refractivity contribution in [3.8, 4) is 5.75 Å². The smallest absolute Gasteiger partial charge is 0.119 e. The third kappa shape index (κ3) is 2.49. The number of methoxy groups -OCH3 is 1. The number of ether oxygens (including phenoxy) is 1. The van der Waals surface area contributed by atoms with Gasteiger partial charge in [0.15, 0.2) is 0 Å². The summed E-state index contributed by atoms with van der Waals surface area (Å²) in [6.45, 7) is 2.09. The summed E-state index contributed by atoms with van der Waals surface area (Å²) in [5.74, 6) is 6.51. The molecular weight excluding hydrogens is 232 g/mol. The molecule has 0 saturated carbocycles. The summed E-state index contributed by atoms with van der Waals surface area (Å²) in [5.41, 5.74) is 6.43. The maximum atomic E-state index is 5.67. The number of hydrogen-bond acceptors (Lipinski definition) is 4. The monoisotopic (exact) mass is 248 g/mol. The van der Waals surface area contributed by atoms with Crippen LogP contribution in [0.5, 0.6) is 5.75 Å². The molecule has 90 valence electrons. The molecule has 4 heteroatoms. The Morgan fingerprint density at radius 2 is 2.18 bits per heavy atom. The van der Waals surface area contributed by atoms with Crippen molar-refractivity contribution in [2.24, 2.45) is 5.84 Å². The van der Waals surface area contributed by atoms with E-state index in [9.17, 15) is 0 Å². The average molecular weight is 248 g/mol. The Bertz CT molecular complexity index is 496. The van der Waals surface area contributed by atoms with Crippen molar-refractivity contribution < 1.29 is 4.74 Å². The SMILES string of the molecule is COc1cccc(C(NN)c2cscc2C)c1. The number of benzene rings is 1. The van der Waals surface area contributed by atoms with E-state index in [1.807, 2.05) is 24.3 Å². The normalized spacial score (nSPS) is 12.4. The molecule has 0 spiro atoms. The van der Waals surface area contributed by atoms with Crippen LogP contribution >= 0.6 is 11.3 Å². The van der Waals surface area contributed by atoms with Gasteiger partial charge in [-0.2, -0.15) is 11.3 Å². The first kappa shape index (κ1) is 12.1. The lowest BCUT2D eigenvalue weighted by atomic mass is 9.99. The Balaban J connectivity index is 2.38. The predicted octanol–water partition coefficient (Wildman–Crippen LogP) is 2.62. The number of hydrazine groups is 1. The van der Waals surface area contributed by atoms with Crippen molar-refractivity contribution in [1.29, 1.82) is 0 Å². The minimum Gasteiger partial charge on any atom is -0.497 e. The van der Waals surface area contributed by atoms with Gasteiger partial charge in [-0.25, -0.2) is 5.43 Å². The minimum atomic E-state index is 0.0105. The van der Waals surface area contributed by atoms with Crippen molar-refractivity contribution >= 4 is 11.3 Å². The van der Waals surface area contributed by atoms with E-state index in [0.29, 0.717) is 0 Å². The number of hydrogen-bond donors (Lipinski definition) is 2. The van der Waals surface area contributed by atoms with Crippen molar-refractivity contribution in [2.45, 2.75) is 13.0 Å². The Morgan fingerprint density at radius 3 is 2.76 bits per heavy atom. The van der Waals surface area contributed by atoms with E-state index in [-0.39, 0.29) is 6.04 Å². The topological polar surface area (TPSA) is 47.3 Å². The molecule has 0 radical (unpaired) electrons. The fourth-order valence-electron chi connectivity index (χ4n) is 1.85. The maximum Gasteiger partial charge on any atom is 0.119 e. The van der Waals surface area contributed by atoms with Crippen molar-refractivity contribution in [1.82, 2.24) is 5.43 Å². The van der Waals surface area contributed by atoms with Gasteiger partial charge in [-0.15, -0.1) is 0 Å². The molecule has 1 atom stereocenters. The lowest BCUT2D eigenvalue weighted by Crippen LogP contribution is -2.28. The van der Waals surface area contributed by atoms with Gasteiger partial charge in [0.1, 0.15) is 5.75 Å². The van der Waals surface area contributed by atoms with E-state index in [4.69, 9.17) is 10.6 Å². The highest BCUT2D eigenvalue weighted by Crippen LogP contribution is 2.28. The average Bonchev–Trinajstić information content (AvgIpc) is 2.77. The van der Waals surface area contributed by atoms with Gasteiger partial charge in [-0.3, -0.25) is 5.84 Å². The van der Waals surface area contributed by atoms with Crippen molar-refractivity contribution in [2.75, 3.05) is 7.11 Å². The quantitative estimate of drug-likeness (QED) is 0.646. The summed E-state index contributed by atoms with van der Waals surface area (Å²) in [6.07, 6.45) is 0. The lowest BCUT2D eigenvalue weighted by Gasteiger charge is -2.17. The summed E-state index contributed by atoms with van der Waals surface area (Å²) in [7, 11) is 1.67. The van der Waals surface area contributed by atoms with Gasteiger partial charge in [0.25, 0.3) is 0 Å². The highest BCUT2D eigenvalue weighted by atomic mass is 32.1. The van der Waals surface area contributed by atoms with Crippen molar-refractivity contribution in [3.63, 3.8) is 0 Å². The summed E-state index contributed by atoms with van der Waals surface area (Å²) < 4.78 is 5.23. The first-order chi connectivity index (χ1) is 8.26. The molecule has 3 N–H and O–H groups in total. The second-order valence-electron chi connectivity index (χ2n) is 3.89. The molecule has 0 bridgehead atoms. The molecule has 2 aromatic rings. The molecule has 0 saturated heterocycles. The molecular formula is C13H16N2OS. The largest absolute Gasteiger partial charge is 0.497 e. The Labute approximate surface area is 105 Å². The maximum absolute atomic E-state index is 5.67. The standard InChI is InChI=1S/C13H16N2OS/c1-9-7-17-8-12(9)13(15-14)10-4-3-5-11(6-10)16-2/h3-8,13,15H,14H2,1-2H3. The lowest BCUT2D eigenvalue weighted by molar-refractivity contribution is 0.413. The zero-order valence-electron chi connectivity index (χ0n) is 9.94. The van der Waals surface area contributed by atoms with Crippen LogP contribution in [0, 0.1) is 6.92 Å². The predicted molar refractivity (Wildman–Crippen MR) is 71.2 cm³/mol. The molecule has 0 aliphatic carbocycles. The Kier molecular flexibility index (Phi) is 3.78. The van der Waals surface area contributed by atoms with Crippen LogP contribution in [-0.2, 0) is 0 Å². The fourth-order valence-corrected chi connectivity index (χ4v) is 2.73. The summed E-state index contributed by atoms with van der Waals surface area (Å²) in [5, 5.41) is 4.25. The molecule has 0 aliphatic rings. The van der Waals surface area contributed by atoms with Gasteiger partial charge in [0.2, 0.25) is 0 Å². The number of rotatable bonds is 4. The third-order valence-corrected chi connectivity index (χ3v) is 3.68. The number of thiophene rings is 1. The molecule has 1 aromatic carbocycles. The summed E-state index contributed by atoms with van der Waals surface area (Å²) in [4.78, 5) is 0. The van der Waals surface area contributed by atoms with Gasteiger partial charge in [0, 0.05) is 0 Å². The first-order valence-corrected chi connectivity index (χ1v) is 6.33. The van der Waals surface area contributed by atoms with Gasteiger partial charge in [-0.05, 0) is 46.5 Å². The highest BCUT2D eigenvalue weighted by Gasteiger charge is 2.15. The Morgan fingerprint density at radius 1 is 1.35 bits per heavy atom. The zero-order valence-corrected chi connectivity index (χ0v) is 10.8. The summed E-state index contributed by atoms with van der Waals surface area (Å²) >= 11 is 1.69. The summed E-state index contributed by atoms with van der Waals surface area (Å²) in [6, 6.07) is 7.96. The molecule has 17 heavy (non-hydrogen) atoms. The molecule has 0 fully saturated rings. The van der Waals surface area contributed by atoms with Crippen LogP contribution in [0.25, 0.3) is 0 Å². The van der Waals surface area contributed by atoms with Gasteiger partial charge < -0.3 is 4.74 Å². The minimum absolute atomic E-state index is 0.0105. The van der Waals surface area contributed by atoms with Gasteiger partial charge >= 0.3 is 0 Å². The zero-order chi connectivity index (χ0) is 12.3. The highest BCUT2D eigenvalue weighted by molar-refractivity contribution is 7.08. The number of nitrogens with two attached hydrogens (primary N) is 1. The van der Waals surface area contributed by atoms with E-state index in [1.165, 1.54) is 11.1 Å². The van der Waals surface area contributed by atoms with E-state index in [1.54, 1.807) is 18.4 Å². The first-order valence-electron chi connectivity index (χ1n) is 5.39. The van der Waals surface area contributed by atoms with Crippen LogP contribution in [0.2, 0.25) is 0 Å². The van der Waals surface area contributed by atoms with E-state index < -0.39 is 0 Å². The van der Waals surface area contributed by atoms with Gasteiger partial charge in [0.05, 0.1) is 13.2 Å². The molecule has 1 unspecified atom stereocenters. The molecule has 1 aromatic heterocycles. The van der Waals surface area contributed by atoms with Crippen LogP contribution in [0.1, 0.15) is 22.7 Å². The number of aryl methyl sites for hydroxylation is 1. The van der Waals surface area contributed by atoms with Crippen LogP contribution in [0.4, 0.5) is 0 Å². The van der Waals surface area contributed by atoms with Gasteiger partial charge in [-0.1, -0.05) is 12.1 Å². The molecule has 0 amide bonds. The Hall–Kier alpha value is -1.36. The molecule has 2 rings (SSSR count).